The Balaban J connectivity index is 2.10. The van der Waals surface area contributed by atoms with Gasteiger partial charge in [-0.1, -0.05) is 38.0 Å². The van der Waals surface area contributed by atoms with E-state index in [9.17, 15) is 0 Å². The molecule has 3 rings (SSSR count). The van der Waals surface area contributed by atoms with Crippen LogP contribution in [0.3, 0.4) is 0 Å². The van der Waals surface area contributed by atoms with Crippen LogP contribution >= 0.6 is 0 Å². The Hall–Kier alpha value is -0.980. The molecule has 2 unspecified atom stereocenters. The first kappa shape index (κ1) is 8.34. The van der Waals surface area contributed by atoms with Crippen LogP contribution in [0.15, 0.2) is 24.3 Å². The van der Waals surface area contributed by atoms with Crippen molar-refractivity contribution < 1.29 is 0 Å². The van der Waals surface area contributed by atoms with Crippen LogP contribution in [0, 0.1) is 0 Å². The third-order valence-electron chi connectivity index (χ3n) is 4.08. The molecule has 0 radical (unpaired) electrons. The van der Waals surface area contributed by atoms with Crippen molar-refractivity contribution in [3.63, 3.8) is 0 Å². The Kier molecular flexibility index (Phi) is 1.64. The second-order valence-electron chi connectivity index (χ2n) is 4.91. The van der Waals surface area contributed by atoms with Crippen molar-refractivity contribution in [2.24, 2.45) is 0 Å². The Morgan fingerprint density at radius 1 is 1.29 bits per heavy atom. The smallest absolute Gasteiger partial charge is 0.0381 e. The van der Waals surface area contributed by atoms with Gasteiger partial charge < -0.3 is 5.32 Å². The predicted octanol–water partition coefficient (Wildman–Crippen LogP) is 3.31. The number of para-hydroxylation sites is 1. The molecule has 1 aromatic rings. The lowest BCUT2D eigenvalue weighted by Gasteiger charge is -2.36. The molecule has 1 saturated carbocycles. The molecular formula is C13H17N. The molecule has 1 nitrogen and oxygen atoms in total. The van der Waals surface area contributed by atoms with Gasteiger partial charge in [-0.2, -0.15) is 0 Å². The molecule has 0 amide bonds. The highest BCUT2D eigenvalue weighted by molar-refractivity contribution is 5.62. The molecule has 1 N–H and O–H groups in total. The Bertz CT molecular complexity index is 358. The van der Waals surface area contributed by atoms with Crippen LogP contribution in [-0.2, 0) is 5.41 Å². The van der Waals surface area contributed by atoms with Gasteiger partial charge in [0, 0.05) is 17.1 Å². The zero-order valence-electron chi connectivity index (χ0n) is 8.72. The summed E-state index contributed by atoms with van der Waals surface area (Å²) < 4.78 is 0. The molecule has 0 aromatic heterocycles. The minimum absolute atomic E-state index is 0.412. The lowest BCUT2D eigenvalue weighted by Crippen LogP contribution is -2.38. The van der Waals surface area contributed by atoms with Crippen LogP contribution in [0.1, 0.15) is 38.2 Å². The summed E-state index contributed by atoms with van der Waals surface area (Å²) in [4.78, 5) is 0. The van der Waals surface area contributed by atoms with Gasteiger partial charge in [0.1, 0.15) is 0 Å². The number of nitrogens with one attached hydrogen (secondary N) is 1. The van der Waals surface area contributed by atoms with Gasteiger partial charge in [-0.05, 0) is 24.5 Å². The van der Waals surface area contributed by atoms with Gasteiger partial charge in [0.15, 0.2) is 0 Å². The minimum atomic E-state index is 0.412. The van der Waals surface area contributed by atoms with Gasteiger partial charge in [-0.25, -0.2) is 0 Å². The summed E-state index contributed by atoms with van der Waals surface area (Å²) in [5.74, 6) is 0. The molecule has 1 heterocycles. The van der Waals surface area contributed by atoms with Crippen molar-refractivity contribution in [3.8, 4) is 0 Å². The summed E-state index contributed by atoms with van der Waals surface area (Å²) in [6, 6.07) is 9.51. The summed E-state index contributed by atoms with van der Waals surface area (Å²) in [6.07, 6.45) is 5.47. The largest absolute Gasteiger partial charge is 0.381 e. The molecule has 1 aliphatic carbocycles. The van der Waals surface area contributed by atoms with Crippen LogP contribution in [-0.4, -0.2) is 6.04 Å². The van der Waals surface area contributed by atoms with E-state index in [0.29, 0.717) is 11.5 Å². The molecule has 1 aliphatic heterocycles. The number of benzene rings is 1. The molecule has 1 fully saturated rings. The Morgan fingerprint density at radius 2 is 2.14 bits per heavy atom. The fraction of sp³-hybridized carbons (Fsp3) is 0.538. The van der Waals surface area contributed by atoms with E-state index in [1.807, 2.05) is 0 Å². The van der Waals surface area contributed by atoms with Gasteiger partial charge in [-0.3, -0.25) is 0 Å². The maximum absolute atomic E-state index is 3.68. The summed E-state index contributed by atoms with van der Waals surface area (Å²) >= 11 is 0. The van der Waals surface area contributed by atoms with Crippen LogP contribution < -0.4 is 5.32 Å². The van der Waals surface area contributed by atoms with Crippen molar-refractivity contribution in [2.45, 2.75) is 44.1 Å². The van der Waals surface area contributed by atoms with Crippen LogP contribution in [0.4, 0.5) is 5.69 Å². The molecule has 0 saturated heterocycles. The fourth-order valence-electron chi connectivity index (χ4n) is 3.18. The molecule has 74 valence electrons. The standard InChI is InChI=1S/C13H17N/c1-13-9-5-4-8-12(13)14-11-7-3-2-6-10(11)13/h2-3,6-7,12,14H,4-5,8-9H2,1H3. The van der Waals surface area contributed by atoms with E-state index in [-0.39, 0.29) is 0 Å². The Morgan fingerprint density at radius 3 is 3.07 bits per heavy atom. The quantitative estimate of drug-likeness (QED) is 0.657. The van der Waals surface area contributed by atoms with Crippen LogP contribution in [0.2, 0.25) is 0 Å². The molecule has 14 heavy (non-hydrogen) atoms. The van der Waals surface area contributed by atoms with Crippen molar-refractivity contribution >= 4 is 5.69 Å². The van der Waals surface area contributed by atoms with E-state index < -0.39 is 0 Å². The summed E-state index contributed by atoms with van der Waals surface area (Å²) in [5, 5.41) is 3.68. The van der Waals surface area contributed by atoms with Crippen LogP contribution in [0.25, 0.3) is 0 Å². The first-order chi connectivity index (χ1) is 6.81. The SMILES string of the molecule is CC12CCCCC1Nc1ccccc12. The fourth-order valence-corrected chi connectivity index (χ4v) is 3.18. The first-order valence-electron chi connectivity index (χ1n) is 5.67. The zero-order chi connectivity index (χ0) is 9.60. The van der Waals surface area contributed by atoms with E-state index >= 15 is 0 Å². The molecule has 2 aliphatic rings. The number of hydrogen-bond donors (Lipinski definition) is 1. The third kappa shape index (κ3) is 0.956. The minimum Gasteiger partial charge on any atom is -0.381 e. The first-order valence-corrected chi connectivity index (χ1v) is 5.67. The molecule has 1 aromatic carbocycles. The maximum Gasteiger partial charge on any atom is 0.0381 e. The van der Waals surface area contributed by atoms with E-state index in [1.165, 1.54) is 31.4 Å². The van der Waals surface area contributed by atoms with Gasteiger partial charge in [0.2, 0.25) is 0 Å². The summed E-state index contributed by atoms with van der Waals surface area (Å²) in [5.41, 5.74) is 3.33. The highest BCUT2D eigenvalue weighted by atomic mass is 15.0. The molecule has 0 bridgehead atoms. The number of fused-ring (bicyclic) bond motifs is 3. The second kappa shape index (κ2) is 2.75. The van der Waals surface area contributed by atoms with Crippen molar-refractivity contribution in [2.75, 3.05) is 5.32 Å². The van der Waals surface area contributed by atoms with Crippen molar-refractivity contribution in [3.05, 3.63) is 29.8 Å². The lowest BCUT2D eigenvalue weighted by atomic mass is 9.70. The molecular weight excluding hydrogens is 170 g/mol. The average Bonchev–Trinajstić information content (AvgIpc) is 2.51. The van der Waals surface area contributed by atoms with E-state index in [1.54, 1.807) is 5.56 Å². The zero-order valence-corrected chi connectivity index (χ0v) is 8.72. The van der Waals surface area contributed by atoms with Gasteiger partial charge in [0.05, 0.1) is 0 Å². The average molecular weight is 187 g/mol. The predicted molar refractivity (Wildman–Crippen MR) is 59.7 cm³/mol. The molecule has 0 spiro atoms. The number of anilines is 1. The van der Waals surface area contributed by atoms with Crippen molar-refractivity contribution in [1.82, 2.24) is 0 Å². The maximum atomic E-state index is 3.68. The van der Waals surface area contributed by atoms with E-state index in [2.05, 4.69) is 36.5 Å². The highest BCUT2D eigenvalue weighted by Crippen LogP contribution is 2.48. The number of rotatable bonds is 0. The van der Waals surface area contributed by atoms with E-state index in [0.717, 1.165) is 0 Å². The third-order valence-corrected chi connectivity index (χ3v) is 4.08. The van der Waals surface area contributed by atoms with Crippen LogP contribution in [0.5, 0.6) is 0 Å². The van der Waals surface area contributed by atoms with Gasteiger partial charge in [-0.15, -0.1) is 0 Å². The highest BCUT2D eigenvalue weighted by Gasteiger charge is 2.43. The Labute approximate surface area is 85.5 Å². The number of hydrogen-bond acceptors (Lipinski definition) is 1. The monoisotopic (exact) mass is 187 g/mol. The normalized spacial score (nSPS) is 34.5. The van der Waals surface area contributed by atoms with Gasteiger partial charge >= 0.3 is 0 Å². The second-order valence-corrected chi connectivity index (χ2v) is 4.91. The summed E-state index contributed by atoms with van der Waals surface area (Å²) in [6.45, 7) is 2.43. The molecule has 2 atom stereocenters. The topological polar surface area (TPSA) is 12.0 Å². The van der Waals surface area contributed by atoms with Gasteiger partial charge in [0.25, 0.3) is 0 Å². The van der Waals surface area contributed by atoms with E-state index in [4.69, 9.17) is 0 Å². The molecule has 1 heteroatoms. The summed E-state index contributed by atoms with van der Waals surface area (Å²) in [7, 11) is 0. The van der Waals surface area contributed by atoms with Crippen molar-refractivity contribution in [1.29, 1.82) is 0 Å². The lowest BCUT2D eigenvalue weighted by molar-refractivity contribution is 0.305.